The Morgan fingerprint density at radius 3 is 2.58 bits per heavy atom. The SMILES string of the molecule is Cc1cccc(Cl)c1Nc1cc(-c2ccccc2)nc(NCC(=O)O)n1. The van der Waals surface area contributed by atoms with Crippen LogP contribution in [-0.4, -0.2) is 27.6 Å². The van der Waals surface area contributed by atoms with Crippen LogP contribution >= 0.6 is 11.6 Å². The zero-order valence-electron chi connectivity index (χ0n) is 14.0. The molecule has 26 heavy (non-hydrogen) atoms. The summed E-state index contributed by atoms with van der Waals surface area (Å²) in [4.78, 5) is 19.6. The fourth-order valence-electron chi connectivity index (χ4n) is 2.42. The first-order valence-electron chi connectivity index (χ1n) is 7.95. The molecule has 2 aromatic carbocycles. The zero-order valence-corrected chi connectivity index (χ0v) is 14.8. The summed E-state index contributed by atoms with van der Waals surface area (Å²) in [6, 6.07) is 17.0. The molecule has 0 saturated carbocycles. The Morgan fingerprint density at radius 1 is 1.12 bits per heavy atom. The summed E-state index contributed by atoms with van der Waals surface area (Å²) >= 11 is 6.28. The van der Waals surface area contributed by atoms with Crippen LogP contribution in [0, 0.1) is 6.92 Å². The molecular formula is C19H17ClN4O2. The van der Waals surface area contributed by atoms with Crippen molar-refractivity contribution in [2.24, 2.45) is 0 Å². The maximum absolute atomic E-state index is 10.8. The number of rotatable bonds is 6. The molecule has 0 fully saturated rings. The van der Waals surface area contributed by atoms with Gasteiger partial charge in [0, 0.05) is 11.6 Å². The number of aliphatic carboxylic acids is 1. The molecule has 0 aliphatic heterocycles. The van der Waals surface area contributed by atoms with Gasteiger partial charge in [0.2, 0.25) is 5.95 Å². The molecule has 7 heteroatoms. The third-order valence-electron chi connectivity index (χ3n) is 3.67. The Hall–Kier alpha value is -3.12. The van der Waals surface area contributed by atoms with Crippen molar-refractivity contribution in [3.8, 4) is 11.3 Å². The molecule has 1 aromatic heterocycles. The number of nitrogens with one attached hydrogen (secondary N) is 2. The van der Waals surface area contributed by atoms with E-state index in [1.54, 1.807) is 12.1 Å². The summed E-state index contributed by atoms with van der Waals surface area (Å²) in [6.45, 7) is 1.67. The topological polar surface area (TPSA) is 87.1 Å². The predicted molar refractivity (Wildman–Crippen MR) is 103 cm³/mol. The Kier molecular flexibility index (Phi) is 5.34. The Labute approximate surface area is 155 Å². The normalized spacial score (nSPS) is 10.4. The van der Waals surface area contributed by atoms with Crippen molar-refractivity contribution < 1.29 is 9.90 Å². The number of aryl methyl sites for hydroxylation is 1. The van der Waals surface area contributed by atoms with E-state index in [4.69, 9.17) is 16.7 Å². The molecule has 0 radical (unpaired) electrons. The van der Waals surface area contributed by atoms with Crippen molar-refractivity contribution >= 4 is 35.0 Å². The van der Waals surface area contributed by atoms with E-state index in [1.807, 2.05) is 49.4 Å². The van der Waals surface area contributed by atoms with E-state index in [2.05, 4.69) is 20.6 Å². The maximum Gasteiger partial charge on any atom is 0.322 e. The molecular weight excluding hydrogens is 352 g/mol. The first kappa shape index (κ1) is 17.7. The number of anilines is 3. The van der Waals surface area contributed by atoms with Crippen LogP contribution in [0.15, 0.2) is 54.6 Å². The van der Waals surface area contributed by atoms with Crippen LogP contribution in [0.5, 0.6) is 0 Å². The van der Waals surface area contributed by atoms with Crippen molar-refractivity contribution in [2.75, 3.05) is 17.2 Å². The van der Waals surface area contributed by atoms with Gasteiger partial charge in [-0.05, 0) is 18.6 Å². The molecule has 1 heterocycles. The van der Waals surface area contributed by atoms with Crippen LogP contribution in [0.3, 0.4) is 0 Å². The molecule has 0 spiro atoms. The van der Waals surface area contributed by atoms with Gasteiger partial charge in [-0.2, -0.15) is 4.98 Å². The van der Waals surface area contributed by atoms with Crippen LogP contribution < -0.4 is 10.6 Å². The second-order valence-corrected chi connectivity index (χ2v) is 6.04. The number of carboxylic acid groups (broad SMARTS) is 1. The van der Waals surface area contributed by atoms with Gasteiger partial charge in [0.1, 0.15) is 12.4 Å². The lowest BCUT2D eigenvalue weighted by Crippen LogP contribution is -2.15. The van der Waals surface area contributed by atoms with Crippen LogP contribution in [-0.2, 0) is 4.79 Å². The number of carbonyl (C=O) groups is 1. The lowest BCUT2D eigenvalue weighted by molar-refractivity contribution is -0.134. The molecule has 6 nitrogen and oxygen atoms in total. The van der Waals surface area contributed by atoms with Crippen molar-refractivity contribution in [3.63, 3.8) is 0 Å². The molecule has 0 aliphatic carbocycles. The van der Waals surface area contributed by atoms with E-state index in [9.17, 15) is 4.79 Å². The summed E-state index contributed by atoms with van der Waals surface area (Å²) in [5, 5.41) is 15.4. The highest BCUT2D eigenvalue weighted by Gasteiger charge is 2.10. The van der Waals surface area contributed by atoms with Gasteiger partial charge < -0.3 is 15.7 Å². The molecule has 0 bridgehead atoms. The standard InChI is InChI=1S/C19H17ClN4O2/c1-12-6-5-9-14(20)18(12)23-16-10-15(13-7-3-2-4-8-13)22-19(24-16)21-11-17(25)26/h2-10H,11H2,1H3,(H,25,26)(H2,21,22,23,24). The highest BCUT2D eigenvalue weighted by molar-refractivity contribution is 6.33. The molecule has 0 aliphatic rings. The van der Waals surface area contributed by atoms with E-state index < -0.39 is 5.97 Å². The molecule has 3 N–H and O–H groups in total. The Morgan fingerprint density at radius 2 is 1.88 bits per heavy atom. The van der Waals surface area contributed by atoms with Crippen LogP contribution in [0.1, 0.15) is 5.56 Å². The van der Waals surface area contributed by atoms with E-state index in [0.29, 0.717) is 16.5 Å². The largest absolute Gasteiger partial charge is 0.480 e. The first-order chi connectivity index (χ1) is 12.5. The quantitative estimate of drug-likeness (QED) is 0.599. The summed E-state index contributed by atoms with van der Waals surface area (Å²) in [6.07, 6.45) is 0. The van der Waals surface area contributed by atoms with Gasteiger partial charge in [0.15, 0.2) is 0 Å². The summed E-state index contributed by atoms with van der Waals surface area (Å²) in [7, 11) is 0. The van der Waals surface area contributed by atoms with Gasteiger partial charge >= 0.3 is 5.97 Å². The van der Waals surface area contributed by atoms with Crippen LogP contribution in [0.2, 0.25) is 5.02 Å². The number of carboxylic acids is 1. The second kappa shape index (κ2) is 7.84. The van der Waals surface area contributed by atoms with Crippen LogP contribution in [0.4, 0.5) is 17.5 Å². The van der Waals surface area contributed by atoms with Crippen molar-refractivity contribution in [3.05, 3.63) is 65.2 Å². The van der Waals surface area contributed by atoms with E-state index >= 15 is 0 Å². The van der Waals surface area contributed by atoms with Crippen molar-refractivity contribution in [1.82, 2.24) is 9.97 Å². The lowest BCUT2D eigenvalue weighted by Gasteiger charge is -2.13. The van der Waals surface area contributed by atoms with Gasteiger partial charge in [-0.25, -0.2) is 4.98 Å². The molecule has 0 saturated heterocycles. The summed E-state index contributed by atoms with van der Waals surface area (Å²) < 4.78 is 0. The molecule has 132 valence electrons. The van der Waals surface area contributed by atoms with E-state index in [-0.39, 0.29) is 12.5 Å². The average Bonchev–Trinajstić information content (AvgIpc) is 2.64. The molecule has 3 aromatic rings. The molecule has 0 unspecified atom stereocenters. The smallest absolute Gasteiger partial charge is 0.322 e. The number of hydrogen-bond donors (Lipinski definition) is 3. The molecule has 0 amide bonds. The fraction of sp³-hybridized carbons (Fsp3) is 0.105. The van der Waals surface area contributed by atoms with Gasteiger partial charge in [0.25, 0.3) is 0 Å². The van der Waals surface area contributed by atoms with Gasteiger partial charge in [-0.15, -0.1) is 0 Å². The Bertz CT molecular complexity index is 912. The average molecular weight is 369 g/mol. The predicted octanol–water partition coefficient (Wildman–Crippen LogP) is 4.35. The van der Waals surface area contributed by atoms with E-state index in [0.717, 1.165) is 16.8 Å². The fourth-order valence-corrected chi connectivity index (χ4v) is 2.69. The minimum absolute atomic E-state index is 0.223. The zero-order chi connectivity index (χ0) is 18.5. The number of aromatic nitrogens is 2. The van der Waals surface area contributed by atoms with Gasteiger partial charge in [-0.1, -0.05) is 54.1 Å². The highest BCUT2D eigenvalue weighted by atomic mass is 35.5. The number of halogens is 1. The number of para-hydroxylation sites is 1. The maximum atomic E-state index is 10.8. The first-order valence-corrected chi connectivity index (χ1v) is 8.33. The number of benzene rings is 2. The second-order valence-electron chi connectivity index (χ2n) is 5.63. The third-order valence-corrected chi connectivity index (χ3v) is 3.98. The van der Waals surface area contributed by atoms with Crippen molar-refractivity contribution in [1.29, 1.82) is 0 Å². The van der Waals surface area contributed by atoms with Gasteiger partial charge in [-0.3, -0.25) is 4.79 Å². The number of nitrogens with zero attached hydrogens (tertiary/aromatic N) is 2. The van der Waals surface area contributed by atoms with Crippen molar-refractivity contribution in [2.45, 2.75) is 6.92 Å². The highest BCUT2D eigenvalue weighted by Crippen LogP contribution is 2.30. The molecule has 0 atom stereocenters. The van der Waals surface area contributed by atoms with Gasteiger partial charge in [0.05, 0.1) is 16.4 Å². The number of hydrogen-bond acceptors (Lipinski definition) is 5. The molecule has 3 rings (SSSR count). The summed E-state index contributed by atoms with van der Waals surface area (Å²) in [5.41, 5.74) is 3.28. The van der Waals surface area contributed by atoms with E-state index in [1.165, 1.54) is 0 Å². The van der Waals surface area contributed by atoms with Crippen LogP contribution in [0.25, 0.3) is 11.3 Å². The summed E-state index contributed by atoms with van der Waals surface area (Å²) in [5.74, 6) is -0.251. The monoisotopic (exact) mass is 368 g/mol. The minimum Gasteiger partial charge on any atom is -0.480 e. The third kappa shape index (κ3) is 4.29. The minimum atomic E-state index is -0.991. The Balaban J connectivity index is 2.00. The lowest BCUT2D eigenvalue weighted by atomic mass is 10.1.